The number of carbonyl (C=O) groups is 1. The number of hydrogen-bond donors (Lipinski definition) is 1. The fourth-order valence-corrected chi connectivity index (χ4v) is 2.77. The van der Waals surface area contributed by atoms with Crippen LogP contribution < -0.4 is 14.8 Å². The molecule has 0 aliphatic carbocycles. The second-order valence-corrected chi connectivity index (χ2v) is 5.52. The molecule has 0 saturated carbocycles. The van der Waals surface area contributed by atoms with Crippen LogP contribution in [0, 0.1) is 0 Å². The van der Waals surface area contributed by atoms with Crippen LogP contribution in [-0.2, 0) is 0 Å². The van der Waals surface area contributed by atoms with Gasteiger partial charge in [0.15, 0.2) is 11.5 Å². The number of benzene rings is 1. The monoisotopic (exact) mass is 314 g/mol. The van der Waals surface area contributed by atoms with Crippen molar-refractivity contribution in [1.82, 2.24) is 5.16 Å². The zero-order valence-corrected chi connectivity index (χ0v) is 12.1. The Morgan fingerprint density at radius 3 is 2.95 bits per heavy atom. The Morgan fingerprint density at radius 1 is 1.18 bits per heavy atom. The predicted octanol–water partition coefficient (Wildman–Crippen LogP) is 3.38. The van der Waals surface area contributed by atoms with E-state index in [1.165, 1.54) is 0 Å². The Balaban J connectivity index is 1.52. The van der Waals surface area contributed by atoms with Crippen molar-refractivity contribution in [1.29, 1.82) is 0 Å². The summed E-state index contributed by atoms with van der Waals surface area (Å²) in [5.74, 6) is 1.19. The van der Waals surface area contributed by atoms with Gasteiger partial charge in [0.1, 0.15) is 5.69 Å². The van der Waals surface area contributed by atoms with Crippen LogP contribution in [0.3, 0.4) is 0 Å². The molecule has 1 N–H and O–H groups in total. The first-order chi connectivity index (χ1) is 10.8. The Kier molecular flexibility index (Phi) is 3.05. The number of rotatable bonds is 3. The maximum atomic E-state index is 12.2. The zero-order chi connectivity index (χ0) is 14.9. The SMILES string of the molecule is O=C(Nc1cc(-c2cccs2)no1)c1ccc2c(c1)OCO2. The van der Waals surface area contributed by atoms with Crippen LogP contribution in [0.4, 0.5) is 5.88 Å². The molecule has 0 spiro atoms. The summed E-state index contributed by atoms with van der Waals surface area (Å²) in [6, 6.07) is 10.6. The van der Waals surface area contributed by atoms with E-state index >= 15 is 0 Å². The fraction of sp³-hybridized carbons (Fsp3) is 0.0667. The lowest BCUT2D eigenvalue weighted by Crippen LogP contribution is -2.11. The normalized spacial score (nSPS) is 12.4. The van der Waals surface area contributed by atoms with Crippen LogP contribution in [0.25, 0.3) is 10.6 Å². The van der Waals surface area contributed by atoms with Crippen LogP contribution >= 0.6 is 11.3 Å². The lowest BCUT2D eigenvalue weighted by atomic mass is 10.2. The van der Waals surface area contributed by atoms with Crippen molar-refractivity contribution >= 4 is 23.1 Å². The third-order valence-corrected chi connectivity index (χ3v) is 4.05. The van der Waals surface area contributed by atoms with Gasteiger partial charge in [-0.3, -0.25) is 10.1 Å². The Morgan fingerprint density at radius 2 is 2.09 bits per heavy atom. The van der Waals surface area contributed by atoms with Crippen LogP contribution in [-0.4, -0.2) is 17.9 Å². The van der Waals surface area contributed by atoms with Gasteiger partial charge >= 0.3 is 0 Å². The van der Waals surface area contributed by atoms with E-state index in [9.17, 15) is 4.79 Å². The third kappa shape index (κ3) is 2.31. The third-order valence-electron chi connectivity index (χ3n) is 3.16. The van der Waals surface area contributed by atoms with Gasteiger partial charge in [0.25, 0.3) is 5.91 Å². The number of carbonyl (C=O) groups excluding carboxylic acids is 1. The van der Waals surface area contributed by atoms with Gasteiger partial charge in [-0.15, -0.1) is 11.3 Å². The molecule has 2 aromatic heterocycles. The molecule has 1 aliphatic rings. The van der Waals surface area contributed by atoms with Crippen LogP contribution in [0.1, 0.15) is 10.4 Å². The average molecular weight is 314 g/mol. The molecule has 3 aromatic rings. The van der Waals surface area contributed by atoms with Crippen LogP contribution in [0.5, 0.6) is 11.5 Å². The van der Waals surface area contributed by atoms with E-state index in [0.29, 0.717) is 28.6 Å². The molecule has 0 saturated heterocycles. The number of fused-ring (bicyclic) bond motifs is 1. The highest BCUT2D eigenvalue weighted by Crippen LogP contribution is 2.33. The maximum absolute atomic E-state index is 12.2. The predicted molar refractivity (Wildman–Crippen MR) is 80.3 cm³/mol. The lowest BCUT2D eigenvalue weighted by molar-refractivity contribution is 0.102. The Labute approximate surface area is 129 Å². The summed E-state index contributed by atoms with van der Waals surface area (Å²) in [6.45, 7) is 0.173. The van der Waals surface area contributed by atoms with Gasteiger partial charge in [-0.2, -0.15) is 0 Å². The first-order valence-corrected chi connectivity index (χ1v) is 7.39. The molecule has 0 atom stereocenters. The van der Waals surface area contributed by atoms with Crippen molar-refractivity contribution in [3.8, 4) is 22.1 Å². The average Bonchev–Trinajstić information content (AvgIpc) is 3.27. The number of hydrogen-bond acceptors (Lipinski definition) is 6. The van der Waals surface area contributed by atoms with Crippen molar-refractivity contribution in [2.45, 2.75) is 0 Å². The van der Waals surface area contributed by atoms with Crippen molar-refractivity contribution in [2.75, 3.05) is 12.1 Å². The molecule has 0 radical (unpaired) electrons. The van der Waals surface area contributed by atoms with Gasteiger partial charge in [0.05, 0.1) is 4.88 Å². The summed E-state index contributed by atoms with van der Waals surface area (Å²) in [5, 5.41) is 8.56. The van der Waals surface area contributed by atoms with E-state index < -0.39 is 0 Å². The second kappa shape index (κ2) is 5.19. The molecule has 110 valence electrons. The lowest BCUT2D eigenvalue weighted by Gasteiger charge is -2.02. The Bertz CT molecular complexity index is 826. The van der Waals surface area contributed by atoms with E-state index in [1.807, 2.05) is 17.5 Å². The minimum absolute atomic E-state index is 0.173. The first-order valence-electron chi connectivity index (χ1n) is 6.51. The molecule has 7 heteroatoms. The fourth-order valence-electron chi connectivity index (χ4n) is 2.10. The van der Waals surface area contributed by atoms with E-state index in [-0.39, 0.29) is 12.7 Å². The number of aromatic nitrogens is 1. The van der Waals surface area contributed by atoms with Gasteiger partial charge in [-0.25, -0.2) is 0 Å². The highest BCUT2D eigenvalue weighted by atomic mass is 32.1. The zero-order valence-electron chi connectivity index (χ0n) is 11.2. The summed E-state index contributed by atoms with van der Waals surface area (Å²) in [7, 11) is 0. The molecule has 0 unspecified atom stereocenters. The maximum Gasteiger partial charge on any atom is 0.258 e. The summed E-state index contributed by atoms with van der Waals surface area (Å²) in [4.78, 5) is 13.2. The first kappa shape index (κ1) is 12.9. The Hall–Kier alpha value is -2.80. The van der Waals surface area contributed by atoms with Crippen LogP contribution in [0.2, 0.25) is 0 Å². The minimum Gasteiger partial charge on any atom is -0.454 e. The molecule has 6 nitrogen and oxygen atoms in total. The van der Waals surface area contributed by atoms with Gasteiger partial charge in [0.2, 0.25) is 12.7 Å². The van der Waals surface area contributed by atoms with E-state index in [1.54, 1.807) is 35.6 Å². The summed E-state index contributed by atoms with van der Waals surface area (Å²) < 4.78 is 15.6. The number of nitrogens with one attached hydrogen (secondary N) is 1. The van der Waals surface area contributed by atoms with Crippen molar-refractivity contribution in [3.05, 3.63) is 47.3 Å². The molecule has 1 aliphatic heterocycles. The number of amides is 1. The van der Waals surface area contributed by atoms with Gasteiger partial charge in [-0.05, 0) is 29.6 Å². The second-order valence-electron chi connectivity index (χ2n) is 4.58. The molecule has 1 amide bonds. The quantitative estimate of drug-likeness (QED) is 0.802. The molecule has 0 bridgehead atoms. The van der Waals surface area contributed by atoms with E-state index in [2.05, 4.69) is 10.5 Å². The van der Waals surface area contributed by atoms with Crippen molar-refractivity contribution in [3.63, 3.8) is 0 Å². The summed E-state index contributed by atoms with van der Waals surface area (Å²) in [6.07, 6.45) is 0. The van der Waals surface area contributed by atoms with E-state index in [0.717, 1.165) is 4.88 Å². The molecular weight excluding hydrogens is 304 g/mol. The topological polar surface area (TPSA) is 73.6 Å². The van der Waals surface area contributed by atoms with Crippen LogP contribution in [0.15, 0.2) is 46.3 Å². The molecule has 1 aromatic carbocycles. The number of nitrogens with zero attached hydrogens (tertiary/aromatic N) is 1. The molecule has 22 heavy (non-hydrogen) atoms. The molecular formula is C15H10N2O4S. The van der Waals surface area contributed by atoms with Gasteiger partial charge in [0, 0.05) is 11.6 Å². The number of thiophene rings is 1. The molecule has 3 heterocycles. The molecule has 0 fully saturated rings. The highest BCUT2D eigenvalue weighted by molar-refractivity contribution is 7.13. The van der Waals surface area contributed by atoms with Crippen molar-refractivity contribution in [2.24, 2.45) is 0 Å². The number of ether oxygens (including phenoxy) is 2. The smallest absolute Gasteiger partial charge is 0.258 e. The largest absolute Gasteiger partial charge is 0.454 e. The van der Waals surface area contributed by atoms with Gasteiger partial charge in [-0.1, -0.05) is 11.2 Å². The summed E-state index contributed by atoms with van der Waals surface area (Å²) >= 11 is 1.55. The van der Waals surface area contributed by atoms with Gasteiger partial charge < -0.3 is 14.0 Å². The van der Waals surface area contributed by atoms with Crippen molar-refractivity contribution < 1.29 is 18.8 Å². The molecule has 4 rings (SSSR count). The van der Waals surface area contributed by atoms with E-state index in [4.69, 9.17) is 14.0 Å². The minimum atomic E-state index is -0.299. The number of anilines is 1. The standard InChI is InChI=1S/C15H10N2O4S/c18-15(9-3-4-11-12(6-9)20-8-19-11)16-14-7-10(17-21-14)13-2-1-5-22-13/h1-7H,8H2,(H,16,18). The summed E-state index contributed by atoms with van der Waals surface area (Å²) in [5.41, 5.74) is 1.15. The highest BCUT2D eigenvalue weighted by Gasteiger charge is 2.17.